The van der Waals surface area contributed by atoms with Gasteiger partial charge in [-0.1, -0.05) is 13.8 Å². The molecule has 0 fully saturated rings. The number of hydrogen-bond donors (Lipinski definition) is 2. The summed E-state index contributed by atoms with van der Waals surface area (Å²) in [6, 6.07) is 3.76. The lowest BCUT2D eigenvalue weighted by atomic mass is 10.0. The van der Waals surface area contributed by atoms with Crippen molar-refractivity contribution in [3.8, 4) is 0 Å². The third-order valence-corrected chi connectivity index (χ3v) is 6.45. The van der Waals surface area contributed by atoms with Crippen LogP contribution in [-0.4, -0.2) is 30.2 Å². The molecule has 0 aliphatic heterocycles. The van der Waals surface area contributed by atoms with Crippen LogP contribution in [0.3, 0.4) is 0 Å². The van der Waals surface area contributed by atoms with Gasteiger partial charge in [-0.25, -0.2) is 14.6 Å². The number of aryl methyl sites for hydroxylation is 1. The summed E-state index contributed by atoms with van der Waals surface area (Å²) < 4.78 is 2.51. The molecule has 8 nitrogen and oxygen atoms in total. The number of aromatic nitrogens is 4. The van der Waals surface area contributed by atoms with E-state index in [1.165, 1.54) is 23.0 Å². The highest BCUT2D eigenvalue weighted by Crippen LogP contribution is 2.33. The van der Waals surface area contributed by atoms with Crippen molar-refractivity contribution < 1.29 is 9.90 Å². The summed E-state index contributed by atoms with van der Waals surface area (Å²) in [5.74, 6) is -1.01. The van der Waals surface area contributed by atoms with E-state index in [9.17, 15) is 19.5 Å². The van der Waals surface area contributed by atoms with Gasteiger partial charge in [-0.15, -0.1) is 11.3 Å². The highest BCUT2D eigenvalue weighted by Gasteiger charge is 2.26. The predicted octanol–water partition coefficient (Wildman–Crippen LogP) is 2.89. The van der Waals surface area contributed by atoms with Crippen molar-refractivity contribution in [2.24, 2.45) is 13.0 Å². The first-order valence-electron chi connectivity index (χ1n) is 9.61. The van der Waals surface area contributed by atoms with Gasteiger partial charge >= 0.3 is 11.7 Å². The van der Waals surface area contributed by atoms with Crippen LogP contribution in [0.15, 0.2) is 27.9 Å². The molecule has 2 N–H and O–H groups in total. The molecule has 0 amide bonds. The van der Waals surface area contributed by atoms with Gasteiger partial charge in [0.2, 0.25) is 0 Å². The van der Waals surface area contributed by atoms with Crippen LogP contribution >= 0.6 is 11.3 Å². The Kier molecular flexibility index (Phi) is 4.85. The van der Waals surface area contributed by atoms with Gasteiger partial charge in [0.1, 0.15) is 10.5 Å². The van der Waals surface area contributed by atoms with Crippen LogP contribution in [-0.2, 0) is 20.0 Å². The number of hydrogen-bond acceptors (Lipinski definition) is 5. The van der Waals surface area contributed by atoms with E-state index >= 15 is 0 Å². The molecule has 9 heteroatoms. The van der Waals surface area contributed by atoms with Crippen molar-refractivity contribution in [1.82, 2.24) is 19.1 Å². The predicted molar refractivity (Wildman–Crippen MR) is 117 cm³/mol. The molecule has 0 aliphatic carbocycles. The molecule has 0 radical (unpaired) electrons. The first kappa shape index (κ1) is 20.1. The third kappa shape index (κ3) is 3.06. The lowest BCUT2D eigenvalue weighted by Crippen LogP contribution is -2.38. The van der Waals surface area contributed by atoms with Gasteiger partial charge in [-0.3, -0.25) is 13.9 Å². The van der Waals surface area contributed by atoms with E-state index in [0.717, 1.165) is 26.9 Å². The molecule has 0 bridgehead atoms. The quantitative estimate of drug-likeness (QED) is 0.510. The van der Waals surface area contributed by atoms with E-state index in [1.807, 2.05) is 32.9 Å². The van der Waals surface area contributed by atoms with Crippen molar-refractivity contribution >= 4 is 38.6 Å². The van der Waals surface area contributed by atoms with Gasteiger partial charge < -0.3 is 10.1 Å². The Morgan fingerprint density at radius 3 is 2.73 bits per heavy atom. The van der Waals surface area contributed by atoms with Crippen molar-refractivity contribution in [1.29, 1.82) is 0 Å². The normalized spacial score (nSPS) is 11.8. The average Bonchev–Trinajstić information content (AvgIpc) is 3.22. The SMILES string of the molecule is Cc1[nH]c2ncccc2c1Cc1sc2c(c1C(=O)O)c(=O)n(C)c(=O)n2CC(C)C. The van der Waals surface area contributed by atoms with Crippen LogP contribution in [0, 0.1) is 12.8 Å². The molecule has 0 aromatic carbocycles. The molecule has 0 saturated carbocycles. The van der Waals surface area contributed by atoms with Gasteiger partial charge in [-0.2, -0.15) is 0 Å². The maximum Gasteiger partial charge on any atom is 0.337 e. The largest absolute Gasteiger partial charge is 0.478 e. The van der Waals surface area contributed by atoms with Crippen LogP contribution < -0.4 is 11.2 Å². The fraction of sp³-hybridized carbons (Fsp3) is 0.333. The number of H-pyrrole nitrogens is 1. The third-order valence-electron chi connectivity index (χ3n) is 5.23. The van der Waals surface area contributed by atoms with Crippen LogP contribution in [0.4, 0.5) is 0 Å². The Morgan fingerprint density at radius 1 is 1.33 bits per heavy atom. The highest BCUT2D eigenvalue weighted by molar-refractivity contribution is 7.19. The molecule has 0 atom stereocenters. The van der Waals surface area contributed by atoms with Crippen LogP contribution in [0.1, 0.15) is 40.3 Å². The number of nitrogens with one attached hydrogen (secondary N) is 1. The summed E-state index contributed by atoms with van der Waals surface area (Å²) >= 11 is 1.21. The number of aromatic carboxylic acids is 1. The van der Waals surface area contributed by atoms with Crippen molar-refractivity contribution in [3.05, 3.63) is 60.9 Å². The molecule has 30 heavy (non-hydrogen) atoms. The molecular weight excluding hydrogens is 404 g/mol. The minimum absolute atomic E-state index is 0.0225. The molecule has 0 aliphatic rings. The Bertz CT molecular complexity index is 1420. The maximum absolute atomic E-state index is 12.9. The minimum atomic E-state index is -1.17. The second kappa shape index (κ2) is 7.24. The van der Waals surface area contributed by atoms with Crippen molar-refractivity contribution in [2.75, 3.05) is 0 Å². The molecule has 0 spiro atoms. The number of thiophene rings is 1. The standard InChI is InChI=1S/C21H22N4O4S/c1-10(2)9-25-19-16(18(26)24(4)21(25)29)15(20(27)28)14(30-19)8-13-11(3)23-17-12(13)6-5-7-22-17/h5-7,10H,8-9H2,1-4H3,(H,22,23)(H,27,28). The Morgan fingerprint density at radius 2 is 2.07 bits per heavy atom. The van der Waals surface area contributed by atoms with Gasteiger partial charge in [0.15, 0.2) is 0 Å². The zero-order valence-corrected chi connectivity index (χ0v) is 18.0. The zero-order valence-electron chi connectivity index (χ0n) is 17.1. The molecule has 4 heterocycles. The smallest absolute Gasteiger partial charge is 0.337 e. The van der Waals surface area contributed by atoms with Crippen molar-refractivity contribution in [2.45, 2.75) is 33.7 Å². The van der Waals surface area contributed by atoms with E-state index in [0.29, 0.717) is 22.7 Å². The number of carboxylic acids is 1. The molecule has 4 rings (SSSR count). The Labute approximate surface area is 175 Å². The first-order chi connectivity index (χ1) is 14.2. The van der Waals surface area contributed by atoms with E-state index in [1.54, 1.807) is 6.20 Å². The molecule has 4 aromatic heterocycles. The van der Waals surface area contributed by atoms with Gasteiger partial charge in [0.05, 0.1) is 10.9 Å². The number of fused-ring (bicyclic) bond motifs is 2. The highest BCUT2D eigenvalue weighted by atomic mass is 32.1. The summed E-state index contributed by atoms with van der Waals surface area (Å²) in [4.78, 5) is 46.3. The average molecular weight is 426 g/mol. The number of carboxylic acid groups (broad SMARTS) is 1. The second-order valence-electron chi connectivity index (χ2n) is 7.84. The Hall–Kier alpha value is -3.20. The number of aromatic amines is 1. The number of nitrogens with zero attached hydrogens (tertiary/aromatic N) is 3. The summed E-state index contributed by atoms with van der Waals surface area (Å²) in [7, 11) is 1.39. The topological polar surface area (TPSA) is 110 Å². The zero-order chi connectivity index (χ0) is 21.7. The second-order valence-corrected chi connectivity index (χ2v) is 8.93. The van der Waals surface area contributed by atoms with E-state index in [4.69, 9.17) is 0 Å². The van der Waals surface area contributed by atoms with Crippen LogP contribution in [0.2, 0.25) is 0 Å². The summed E-state index contributed by atoms with van der Waals surface area (Å²) in [6.07, 6.45) is 2.02. The molecule has 4 aromatic rings. The molecular formula is C21H22N4O4S. The van der Waals surface area contributed by atoms with E-state index < -0.39 is 17.2 Å². The summed E-state index contributed by atoms with van der Waals surface area (Å²) in [5.41, 5.74) is 1.53. The molecule has 0 unspecified atom stereocenters. The van der Waals surface area contributed by atoms with E-state index in [2.05, 4.69) is 9.97 Å². The number of carbonyl (C=O) groups is 1. The number of pyridine rings is 1. The van der Waals surface area contributed by atoms with Gasteiger partial charge in [-0.05, 0) is 30.5 Å². The lowest BCUT2D eigenvalue weighted by molar-refractivity contribution is 0.0698. The monoisotopic (exact) mass is 426 g/mol. The lowest BCUT2D eigenvalue weighted by Gasteiger charge is -2.11. The fourth-order valence-electron chi connectivity index (χ4n) is 3.84. The van der Waals surface area contributed by atoms with Gasteiger partial charge in [0.25, 0.3) is 5.56 Å². The van der Waals surface area contributed by atoms with Crippen LogP contribution in [0.5, 0.6) is 0 Å². The summed E-state index contributed by atoms with van der Waals surface area (Å²) in [6.45, 7) is 6.26. The van der Waals surface area contributed by atoms with E-state index in [-0.39, 0.29) is 16.9 Å². The van der Waals surface area contributed by atoms with Crippen molar-refractivity contribution in [3.63, 3.8) is 0 Å². The van der Waals surface area contributed by atoms with Crippen LogP contribution in [0.25, 0.3) is 21.3 Å². The maximum atomic E-state index is 12.9. The molecule has 156 valence electrons. The minimum Gasteiger partial charge on any atom is -0.478 e. The fourth-order valence-corrected chi connectivity index (χ4v) is 5.14. The Balaban J connectivity index is 2.03. The number of rotatable bonds is 5. The first-order valence-corrected chi connectivity index (χ1v) is 10.4. The molecule has 0 saturated heterocycles. The van der Waals surface area contributed by atoms with Gasteiger partial charge in [0, 0.05) is 42.2 Å². The summed E-state index contributed by atoms with van der Waals surface area (Å²) in [5, 5.41) is 11.0.